The molecule has 14 nitrogen and oxygen atoms in total. The Morgan fingerprint density at radius 1 is 0.828 bits per heavy atom. The van der Waals surface area contributed by atoms with E-state index in [1.165, 1.54) is 12.1 Å². The summed E-state index contributed by atoms with van der Waals surface area (Å²) < 4.78 is 51.1. The number of ether oxygens (including phenoxy) is 3. The molecule has 4 N–H and O–H groups in total. The molecule has 4 heterocycles. The number of para-hydroxylation sites is 2. The largest absolute Gasteiger partial charge is 0.475 e. The third-order valence-electron chi connectivity index (χ3n) is 10.6. The molecule has 2 aromatic heterocycles. The number of piperazine rings is 1. The van der Waals surface area contributed by atoms with Crippen molar-refractivity contribution in [1.29, 1.82) is 0 Å². The number of carbonyl (C=O) groups is 1. The van der Waals surface area contributed by atoms with Gasteiger partial charge in [-0.05, 0) is 55.8 Å². The molecule has 2 saturated heterocycles. The van der Waals surface area contributed by atoms with Crippen LogP contribution in [-0.2, 0) is 4.74 Å². The van der Waals surface area contributed by atoms with Crippen LogP contribution < -0.4 is 30.7 Å². The first-order valence-corrected chi connectivity index (χ1v) is 19.7. The zero-order chi connectivity index (χ0) is 40.6. The van der Waals surface area contributed by atoms with E-state index < -0.39 is 29.6 Å². The summed E-state index contributed by atoms with van der Waals surface area (Å²) in [5.74, 6) is -0.390. The number of likely N-dealkylation sites (tertiary alicyclic amines) is 1. The van der Waals surface area contributed by atoms with Gasteiger partial charge in [-0.1, -0.05) is 36.4 Å². The van der Waals surface area contributed by atoms with Crippen LogP contribution in [0.4, 0.5) is 25.2 Å². The number of carbonyl (C=O) groups excluding carboxylic acids is 1. The number of benzene rings is 3. The number of hydrogen-bond donors (Lipinski definition) is 3. The van der Waals surface area contributed by atoms with Gasteiger partial charge in [0.2, 0.25) is 11.8 Å². The third-order valence-corrected chi connectivity index (χ3v) is 10.6. The number of anilines is 2. The van der Waals surface area contributed by atoms with E-state index in [9.17, 15) is 8.78 Å². The normalized spacial score (nSPS) is 17.4. The van der Waals surface area contributed by atoms with Crippen LogP contribution >= 0.6 is 0 Å². The molecule has 0 unspecified atom stereocenters. The minimum Gasteiger partial charge on any atom is -0.475 e. The molecule has 2 aliphatic rings. The highest BCUT2D eigenvalue weighted by Crippen LogP contribution is 2.40. The molecule has 2 amide bonds. The lowest BCUT2D eigenvalue weighted by atomic mass is 9.93. The predicted molar refractivity (Wildman–Crippen MR) is 219 cm³/mol. The molecule has 5 aromatic rings. The van der Waals surface area contributed by atoms with Gasteiger partial charge in [0.15, 0.2) is 0 Å². The van der Waals surface area contributed by atoms with Gasteiger partial charge in [0.1, 0.15) is 36.5 Å². The highest BCUT2D eigenvalue weighted by Gasteiger charge is 2.43. The summed E-state index contributed by atoms with van der Waals surface area (Å²) in [5, 5.41) is 16.3. The number of hydrogen-bond acceptors (Lipinski definition) is 10. The van der Waals surface area contributed by atoms with Gasteiger partial charge in [-0.25, -0.2) is 22.9 Å². The second-order valence-electron chi connectivity index (χ2n) is 14.5. The van der Waals surface area contributed by atoms with Gasteiger partial charge < -0.3 is 25.3 Å². The molecule has 0 bridgehead atoms. The highest BCUT2D eigenvalue weighted by atomic mass is 19.1. The van der Waals surface area contributed by atoms with Gasteiger partial charge in [0.25, 0.3) is 0 Å². The van der Waals surface area contributed by atoms with Crippen molar-refractivity contribution in [2.24, 2.45) is 5.73 Å². The molecule has 2 atom stereocenters. The zero-order valence-electron chi connectivity index (χ0n) is 33.2. The third kappa shape index (κ3) is 9.16. The first-order valence-electron chi connectivity index (χ1n) is 19.7. The molecule has 0 aliphatic carbocycles. The maximum atomic E-state index is 15.5. The molecule has 0 saturated carbocycles. The fourth-order valence-corrected chi connectivity index (χ4v) is 7.73. The average molecular weight is 799 g/mol. The minimum absolute atomic E-state index is 0.226. The van der Waals surface area contributed by atoms with Crippen molar-refractivity contribution >= 4 is 17.7 Å². The summed E-state index contributed by atoms with van der Waals surface area (Å²) in [6, 6.07) is 21.3. The van der Waals surface area contributed by atoms with Crippen molar-refractivity contribution in [2.45, 2.75) is 25.8 Å². The number of halogens is 2. The van der Waals surface area contributed by atoms with E-state index in [4.69, 9.17) is 30.1 Å². The number of amides is 2. The molecule has 16 heteroatoms. The summed E-state index contributed by atoms with van der Waals surface area (Å²) in [7, 11) is 1.63. The Morgan fingerprint density at radius 3 is 2.09 bits per heavy atom. The van der Waals surface area contributed by atoms with E-state index in [1.807, 2.05) is 74.5 Å². The molecule has 0 radical (unpaired) electrons. The molecule has 0 spiro atoms. The number of rotatable bonds is 16. The van der Waals surface area contributed by atoms with Crippen molar-refractivity contribution < 1.29 is 27.8 Å². The number of nitrogens with zero attached hydrogens (tertiary/aromatic N) is 7. The van der Waals surface area contributed by atoms with E-state index in [1.54, 1.807) is 21.4 Å². The van der Waals surface area contributed by atoms with Gasteiger partial charge in [-0.2, -0.15) is 0 Å². The molecule has 2 fully saturated rings. The van der Waals surface area contributed by atoms with E-state index in [0.29, 0.717) is 90.9 Å². The maximum Gasteiger partial charge on any atom is 0.329 e. The van der Waals surface area contributed by atoms with Crippen molar-refractivity contribution in [1.82, 2.24) is 34.7 Å². The Balaban J connectivity index is 1.37. The lowest BCUT2D eigenvalue weighted by Crippen LogP contribution is -2.48. The molecule has 58 heavy (non-hydrogen) atoms. The van der Waals surface area contributed by atoms with E-state index >= 15 is 4.79 Å². The van der Waals surface area contributed by atoms with Gasteiger partial charge in [0, 0.05) is 78.0 Å². The first-order chi connectivity index (χ1) is 28.2. The van der Waals surface area contributed by atoms with E-state index in [-0.39, 0.29) is 13.2 Å². The topological polar surface area (TPSA) is 140 Å². The van der Waals surface area contributed by atoms with Gasteiger partial charge in [-0.15, -0.1) is 10.2 Å². The molecule has 2 aliphatic heterocycles. The first kappa shape index (κ1) is 40.8. The van der Waals surface area contributed by atoms with Crippen LogP contribution in [0.25, 0.3) is 11.4 Å². The number of nitrogens with two attached hydrogens (primary N) is 1. The minimum atomic E-state index is -0.696. The maximum absolute atomic E-state index is 15.5. The second kappa shape index (κ2) is 18.9. The van der Waals surface area contributed by atoms with Crippen LogP contribution in [-0.4, -0.2) is 127 Å². The SMILES string of the molecule is COCCN1C[C@@H](N(C(=O)Nc2c(C)c(OCCN)nn2-c2ccccc2)c2c(C)c(OCCN3CCNCC3)nn2-c2ccccc2)[C@H](c2cc(F)cc(F)c2)C1. The summed E-state index contributed by atoms with van der Waals surface area (Å²) in [5.41, 5.74) is 8.82. The summed E-state index contributed by atoms with van der Waals surface area (Å²) in [6.45, 7) is 10.7. The standard InChI is InChI=1S/C42H52F2N10O4/c1-29-38(53(34-10-6-4-7-11-34)48-39(29)57-21-14-45)47-42(55)52(37-28-51(19-22-56-3)27-36(37)31-24-32(43)26-33(44)25-31)41-30(2)40(49-54(41)35-12-8-5-9-13-35)58-23-20-50-17-15-46-16-18-50/h4-13,24-26,36-37,46H,14-23,27-28,45H2,1-3H3,(H,47,55)/t36-,37+/m0/s1. The summed E-state index contributed by atoms with van der Waals surface area (Å²) in [4.78, 5) is 21.6. The monoisotopic (exact) mass is 798 g/mol. The number of nitrogens with one attached hydrogen (secondary N) is 2. The van der Waals surface area contributed by atoms with Crippen molar-refractivity contribution in [2.75, 3.05) is 96.0 Å². The van der Waals surface area contributed by atoms with Crippen LogP contribution in [0.1, 0.15) is 22.6 Å². The fourth-order valence-electron chi connectivity index (χ4n) is 7.73. The molecule has 3 aromatic carbocycles. The summed E-state index contributed by atoms with van der Waals surface area (Å²) in [6.07, 6.45) is 0. The van der Waals surface area contributed by atoms with Crippen LogP contribution in [0.15, 0.2) is 78.9 Å². The molecule has 7 rings (SSSR count). The quantitative estimate of drug-likeness (QED) is 0.129. The Bertz CT molecular complexity index is 2110. The van der Waals surface area contributed by atoms with Gasteiger partial charge in [-0.3, -0.25) is 20.0 Å². The van der Waals surface area contributed by atoms with Crippen molar-refractivity contribution in [3.63, 3.8) is 0 Å². The zero-order valence-corrected chi connectivity index (χ0v) is 33.2. The Labute approximate surface area is 337 Å². The Kier molecular flexibility index (Phi) is 13.3. The highest BCUT2D eigenvalue weighted by molar-refractivity contribution is 6.03. The smallest absolute Gasteiger partial charge is 0.329 e. The molecule has 308 valence electrons. The van der Waals surface area contributed by atoms with Gasteiger partial charge in [0.05, 0.1) is 35.2 Å². The van der Waals surface area contributed by atoms with Crippen LogP contribution in [0.3, 0.4) is 0 Å². The van der Waals surface area contributed by atoms with Crippen LogP contribution in [0.2, 0.25) is 0 Å². The van der Waals surface area contributed by atoms with E-state index in [2.05, 4.69) is 20.4 Å². The van der Waals surface area contributed by atoms with Crippen molar-refractivity contribution in [3.05, 3.63) is 107 Å². The van der Waals surface area contributed by atoms with Crippen LogP contribution in [0.5, 0.6) is 11.8 Å². The summed E-state index contributed by atoms with van der Waals surface area (Å²) >= 11 is 0. The predicted octanol–water partition coefficient (Wildman–Crippen LogP) is 4.73. The lowest BCUT2D eigenvalue weighted by molar-refractivity contribution is 0.159. The lowest BCUT2D eigenvalue weighted by Gasteiger charge is -2.33. The number of aromatic nitrogens is 4. The average Bonchev–Trinajstić information content (AvgIpc) is 3.90. The van der Waals surface area contributed by atoms with Crippen molar-refractivity contribution in [3.8, 4) is 23.1 Å². The Morgan fingerprint density at radius 2 is 1.43 bits per heavy atom. The molecular weight excluding hydrogens is 747 g/mol. The van der Waals surface area contributed by atoms with Gasteiger partial charge >= 0.3 is 6.03 Å². The second-order valence-corrected chi connectivity index (χ2v) is 14.5. The Hall–Kier alpha value is -5.39. The molecular formula is C42H52F2N10O4. The fraction of sp³-hybridized carbons (Fsp3) is 0.405. The number of urea groups is 1. The van der Waals surface area contributed by atoms with E-state index in [0.717, 1.165) is 32.2 Å². The number of methoxy groups -OCH3 is 1. The van der Waals surface area contributed by atoms with Crippen LogP contribution in [0, 0.1) is 25.5 Å².